The van der Waals surface area contributed by atoms with E-state index >= 15 is 0 Å². The maximum absolute atomic E-state index is 14.8. The van der Waals surface area contributed by atoms with Crippen molar-refractivity contribution in [1.29, 1.82) is 0 Å². The van der Waals surface area contributed by atoms with Gasteiger partial charge in [-0.05, 0) is 43.7 Å². The fourth-order valence-corrected chi connectivity index (χ4v) is 3.52. The maximum Gasteiger partial charge on any atom is 0.573 e. The van der Waals surface area contributed by atoms with Gasteiger partial charge in [0.2, 0.25) is 0 Å². The molecule has 4 aromatic rings. The van der Waals surface area contributed by atoms with Crippen molar-refractivity contribution < 1.29 is 36.6 Å². The number of carbonyl (C=O) groups excluding carboxylic acids is 2. The zero-order valence-electron chi connectivity index (χ0n) is 21.1. The zero-order chi connectivity index (χ0) is 28.9. The lowest BCUT2D eigenvalue weighted by molar-refractivity contribution is -0.274. The average Bonchev–Trinajstić information content (AvgIpc) is 3.29. The fraction of sp³-hybridized carbons (Fsp3) is 0.192. The lowest BCUT2D eigenvalue weighted by Crippen LogP contribution is -2.24. The van der Waals surface area contributed by atoms with Crippen LogP contribution in [0.5, 0.6) is 17.2 Å². The van der Waals surface area contributed by atoms with Crippen LogP contribution in [0.4, 0.5) is 23.2 Å². The van der Waals surface area contributed by atoms with Crippen molar-refractivity contribution >= 4 is 17.5 Å². The molecule has 0 unspecified atom stereocenters. The lowest BCUT2D eigenvalue weighted by Gasteiger charge is -2.13. The van der Waals surface area contributed by atoms with Crippen molar-refractivity contribution in [2.24, 2.45) is 0 Å². The van der Waals surface area contributed by atoms with Crippen LogP contribution in [-0.4, -0.2) is 44.7 Å². The highest BCUT2D eigenvalue weighted by Crippen LogP contribution is 2.30. The third-order valence-electron chi connectivity index (χ3n) is 5.35. The Hall–Kier alpha value is -5.01. The summed E-state index contributed by atoms with van der Waals surface area (Å²) in [6, 6.07) is 11.7. The van der Waals surface area contributed by atoms with Crippen LogP contribution in [0.1, 0.15) is 40.0 Å². The number of para-hydroxylation sites is 2. The van der Waals surface area contributed by atoms with Crippen LogP contribution < -0.4 is 20.1 Å². The van der Waals surface area contributed by atoms with E-state index in [2.05, 4.69) is 30.7 Å². The second-order valence-electron chi connectivity index (χ2n) is 8.28. The third kappa shape index (κ3) is 6.70. The van der Waals surface area contributed by atoms with Crippen LogP contribution >= 0.6 is 0 Å². The summed E-state index contributed by atoms with van der Waals surface area (Å²) in [5.41, 5.74) is -0.00965. The molecule has 0 aliphatic carbocycles. The van der Waals surface area contributed by atoms with E-state index in [9.17, 15) is 27.2 Å². The number of hydrogen-bond acceptors (Lipinski definition) is 7. The van der Waals surface area contributed by atoms with E-state index in [-0.39, 0.29) is 40.0 Å². The Morgan fingerprint density at radius 3 is 2.52 bits per heavy atom. The van der Waals surface area contributed by atoms with Crippen molar-refractivity contribution in [3.63, 3.8) is 0 Å². The van der Waals surface area contributed by atoms with E-state index in [1.165, 1.54) is 55.6 Å². The molecule has 2 aromatic carbocycles. The molecule has 2 heterocycles. The average molecular weight is 558 g/mol. The van der Waals surface area contributed by atoms with E-state index in [1.807, 2.05) is 6.92 Å². The first-order valence-corrected chi connectivity index (χ1v) is 11.9. The van der Waals surface area contributed by atoms with E-state index in [1.54, 1.807) is 0 Å². The Labute approximate surface area is 224 Å². The fourth-order valence-electron chi connectivity index (χ4n) is 3.52. The summed E-state index contributed by atoms with van der Waals surface area (Å²) in [6.45, 7) is 3.81. The molecule has 40 heavy (non-hydrogen) atoms. The molecule has 208 valence electrons. The Bertz CT molecular complexity index is 1540. The highest BCUT2D eigenvalue weighted by atomic mass is 19.4. The van der Waals surface area contributed by atoms with Gasteiger partial charge in [0.05, 0.1) is 5.69 Å². The normalized spacial score (nSPS) is 11.2. The molecule has 0 spiro atoms. The van der Waals surface area contributed by atoms with E-state index in [0.29, 0.717) is 6.54 Å². The largest absolute Gasteiger partial charge is 0.573 e. The SMILES string of the molecule is CCCNC(=O)c1cc(Oc2ccc(NC(=O)c3nnn(-c4ccccc4OC(F)(F)F)c3C)cc2F)ccn1. The summed E-state index contributed by atoms with van der Waals surface area (Å²) in [5, 5.41) is 12.7. The number of benzene rings is 2. The second-order valence-corrected chi connectivity index (χ2v) is 8.28. The third-order valence-corrected chi connectivity index (χ3v) is 5.35. The molecule has 0 radical (unpaired) electrons. The van der Waals surface area contributed by atoms with Crippen LogP contribution in [0.15, 0.2) is 60.8 Å². The van der Waals surface area contributed by atoms with Gasteiger partial charge in [0.15, 0.2) is 23.0 Å². The first-order valence-electron chi connectivity index (χ1n) is 11.9. The molecule has 0 atom stereocenters. The summed E-state index contributed by atoms with van der Waals surface area (Å²) in [4.78, 5) is 28.9. The van der Waals surface area contributed by atoms with Crippen LogP contribution in [0.3, 0.4) is 0 Å². The molecule has 2 N–H and O–H groups in total. The molecule has 14 heteroatoms. The number of nitrogens with zero attached hydrogens (tertiary/aromatic N) is 4. The standard InChI is InChI=1S/C26H22F4N6O4/c1-3-11-32-24(37)19-14-17(10-12-31-19)39-21-9-8-16(13-18(21)27)33-25(38)23-15(2)36(35-34-23)20-6-4-5-7-22(20)40-26(28,29)30/h4-10,12-14H,3,11H2,1-2H3,(H,32,37)(H,33,38). The Morgan fingerprint density at radius 1 is 1.02 bits per heavy atom. The predicted molar refractivity (Wildman–Crippen MR) is 134 cm³/mol. The molecule has 10 nitrogen and oxygen atoms in total. The van der Waals surface area contributed by atoms with Crippen molar-refractivity contribution in [3.05, 3.63) is 83.7 Å². The quantitative estimate of drug-likeness (QED) is 0.271. The summed E-state index contributed by atoms with van der Waals surface area (Å²) >= 11 is 0. The van der Waals surface area contributed by atoms with Crippen molar-refractivity contribution in [2.45, 2.75) is 26.6 Å². The summed E-state index contributed by atoms with van der Waals surface area (Å²) in [7, 11) is 0. The summed E-state index contributed by atoms with van der Waals surface area (Å²) in [5.74, 6) is -2.51. The molecule has 4 rings (SSSR count). The monoisotopic (exact) mass is 558 g/mol. The Morgan fingerprint density at radius 2 is 1.80 bits per heavy atom. The number of halogens is 4. The van der Waals surface area contributed by atoms with Gasteiger partial charge < -0.3 is 20.1 Å². The molecule has 0 saturated heterocycles. The van der Waals surface area contributed by atoms with E-state index in [4.69, 9.17) is 4.74 Å². The molecule has 0 aliphatic rings. The maximum atomic E-state index is 14.8. The molecule has 0 fully saturated rings. The van der Waals surface area contributed by atoms with Gasteiger partial charge in [0.1, 0.15) is 17.1 Å². The smallest absolute Gasteiger partial charge is 0.454 e. The molecule has 2 aromatic heterocycles. The van der Waals surface area contributed by atoms with Gasteiger partial charge in [0.25, 0.3) is 11.8 Å². The van der Waals surface area contributed by atoms with Crippen molar-refractivity contribution in [1.82, 2.24) is 25.3 Å². The number of rotatable bonds is 9. The molecule has 0 bridgehead atoms. The minimum atomic E-state index is -4.94. The highest BCUT2D eigenvalue weighted by molar-refractivity contribution is 6.03. The zero-order valence-corrected chi connectivity index (χ0v) is 21.1. The number of hydrogen-bond donors (Lipinski definition) is 2. The van der Waals surface area contributed by atoms with Gasteiger partial charge in [-0.1, -0.05) is 24.3 Å². The first-order chi connectivity index (χ1) is 19.1. The van der Waals surface area contributed by atoms with Gasteiger partial charge >= 0.3 is 6.36 Å². The molecule has 2 amide bonds. The number of anilines is 1. The van der Waals surface area contributed by atoms with Gasteiger partial charge in [0, 0.05) is 30.6 Å². The van der Waals surface area contributed by atoms with E-state index in [0.717, 1.165) is 23.2 Å². The van der Waals surface area contributed by atoms with Gasteiger partial charge in [-0.3, -0.25) is 14.6 Å². The number of aromatic nitrogens is 4. The van der Waals surface area contributed by atoms with Gasteiger partial charge in [-0.25, -0.2) is 9.07 Å². The van der Waals surface area contributed by atoms with Crippen molar-refractivity contribution in [2.75, 3.05) is 11.9 Å². The number of carbonyl (C=O) groups is 2. The molecule has 0 saturated carbocycles. The minimum absolute atomic E-state index is 0.0546. The minimum Gasteiger partial charge on any atom is -0.454 e. The van der Waals surface area contributed by atoms with Gasteiger partial charge in [-0.15, -0.1) is 18.3 Å². The van der Waals surface area contributed by atoms with Crippen molar-refractivity contribution in [3.8, 4) is 22.9 Å². The Balaban J connectivity index is 1.48. The number of amides is 2. The lowest BCUT2D eigenvalue weighted by atomic mass is 10.2. The highest BCUT2D eigenvalue weighted by Gasteiger charge is 2.33. The number of ether oxygens (including phenoxy) is 2. The van der Waals surface area contributed by atoms with Crippen LogP contribution in [-0.2, 0) is 0 Å². The molecule has 0 aliphatic heterocycles. The summed E-state index contributed by atoms with van der Waals surface area (Å²) < 4.78 is 63.8. The topological polar surface area (TPSA) is 120 Å². The van der Waals surface area contributed by atoms with Crippen LogP contribution in [0.25, 0.3) is 5.69 Å². The predicted octanol–water partition coefficient (Wildman–Crippen LogP) is 5.19. The molecular formula is C26H22F4N6O4. The number of pyridine rings is 1. The van der Waals surface area contributed by atoms with Gasteiger partial charge in [-0.2, -0.15) is 0 Å². The van der Waals surface area contributed by atoms with E-state index < -0.39 is 29.7 Å². The van der Waals surface area contributed by atoms with Crippen LogP contribution in [0, 0.1) is 12.7 Å². The first kappa shape index (κ1) is 28.0. The number of alkyl halides is 3. The van der Waals surface area contributed by atoms with Crippen LogP contribution in [0.2, 0.25) is 0 Å². The Kier molecular flexibility index (Phi) is 8.26. The number of nitrogens with one attached hydrogen (secondary N) is 2. The second kappa shape index (κ2) is 11.8. The summed E-state index contributed by atoms with van der Waals surface area (Å²) in [6.07, 6.45) is -2.83. The molecular weight excluding hydrogens is 536 g/mol.